The van der Waals surface area contributed by atoms with Crippen molar-refractivity contribution in [1.29, 1.82) is 0 Å². The third-order valence-corrected chi connectivity index (χ3v) is 6.47. The van der Waals surface area contributed by atoms with E-state index in [1.807, 2.05) is 24.3 Å². The van der Waals surface area contributed by atoms with Crippen LogP contribution in [0.3, 0.4) is 0 Å². The van der Waals surface area contributed by atoms with Crippen LogP contribution in [0.25, 0.3) is 11.1 Å². The third kappa shape index (κ3) is 3.08. The predicted molar refractivity (Wildman–Crippen MR) is 106 cm³/mol. The summed E-state index contributed by atoms with van der Waals surface area (Å²) in [7, 11) is 0. The number of aliphatic carboxylic acids is 1. The van der Waals surface area contributed by atoms with Gasteiger partial charge in [-0.3, -0.25) is 4.79 Å². The Labute approximate surface area is 169 Å². The molecule has 2 bridgehead atoms. The Balaban J connectivity index is 1.30. The zero-order valence-electron chi connectivity index (χ0n) is 16.0. The Morgan fingerprint density at radius 2 is 1.52 bits per heavy atom. The molecular weight excluding hydrogens is 370 g/mol. The molecule has 1 amide bonds. The standard InChI is InChI=1S/C23H23NO5/c25-22(26)21-14-9-24(10-15(21)12-28-11-14)23(27)29-13-20-18-7-3-1-5-16(18)17-6-2-4-8-19(17)20/h1-8,14-15,20-21H,9-13H2,(H,25,26). The highest BCUT2D eigenvalue weighted by Gasteiger charge is 2.46. The highest BCUT2D eigenvalue weighted by molar-refractivity contribution is 5.79. The molecule has 2 atom stereocenters. The van der Waals surface area contributed by atoms with Gasteiger partial charge in [-0.05, 0) is 22.3 Å². The summed E-state index contributed by atoms with van der Waals surface area (Å²) in [5.74, 6) is -1.58. The first-order valence-corrected chi connectivity index (χ1v) is 10.0. The van der Waals surface area contributed by atoms with E-state index < -0.39 is 11.9 Å². The first kappa shape index (κ1) is 18.2. The zero-order chi connectivity index (χ0) is 20.0. The molecule has 0 saturated carbocycles. The van der Waals surface area contributed by atoms with Crippen molar-refractivity contribution < 1.29 is 24.2 Å². The number of fused-ring (bicyclic) bond motifs is 5. The molecule has 29 heavy (non-hydrogen) atoms. The number of piperidine rings is 1. The lowest BCUT2D eigenvalue weighted by Crippen LogP contribution is -2.56. The fourth-order valence-electron chi connectivity index (χ4n) is 5.17. The largest absolute Gasteiger partial charge is 0.481 e. The van der Waals surface area contributed by atoms with E-state index in [1.54, 1.807) is 4.90 Å². The summed E-state index contributed by atoms with van der Waals surface area (Å²) in [6.45, 7) is 1.76. The second kappa shape index (κ2) is 7.19. The minimum Gasteiger partial charge on any atom is -0.481 e. The Morgan fingerprint density at radius 3 is 2.07 bits per heavy atom. The molecule has 0 radical (unpaired) electrons. The Kier molecular flexibility index (Phi) is 4.51. The van der Waals surface area contributed by atoms with Crippen molar-refractivity contribution in [2.24, 2.45) is 17.8 Å². The SMILES string of the molecule is O=C(O)C1C2COCC1CN(C(=O)OCC1c3ccccc3-c3ccccc31)C2. The summed E-state index contributed by atoms with van der Waals surface area (Å²) in [6.07, 6.45) is -0.368. The summed E-state index contributed by atoms with van der Waals surface area (Å²) in [5.41, 5.74) is 4.74. The van der Waals surface area contributed by atoms with Crippen LogP contribution >= 0.6 is 0 Å². The Hall–Kier alpha value is -2.86. The number of likely N-dealkylation sites (tertiary alicyclic amines) is 1. The maximum Gasteiger partial charge on any atom is 0.409 e. The van der Waals surface area contributed by atoms with Crippen LogP contribution in [-0.4, -0.2) is 55.0 Å². The van der Waals surface area contributed by atoms with Gasteiger partial charge < -0.3 is 19.5 Å². The molecule has 2 aliphatic heterocycles. The first-order chi connectivity index (χ1) is 14.1. The molecule has 2 aromatic rings. The number of carbonyl (C=O) groups is 2. The molecule has 0 spiro atoms. The molecule has 6 heteroatoms. The van der Waals surface area contributed by atoms with Crippen LogP contribution in [0, 0.1) is 17.8 Å². The number of carboxylic acid groups (broad SMARTS) is 1. The molecule has 2 aromatic carbocycles. The van der Waals surface area contributed by atoms with Gasteiger partial charge in [0, 0.05) is 30.8 Å². The molecular formula is C23H23NO5. The quantitative estimate of drug-likeness (QED) is 0.867. The van der Waals surface area contributed by atoms with Crippen molar-refractivity contribution in [2.75, 3.05) is 32.9 Å². The minimum atomic E-state index is -0.796. The van der Waals surface area contributed by atoms with E-state index in [9.17, 15) is 14.7 Å². The van der Waals surface area contributed by atoms with Crippen LogP contribution in [0.4, 0.5) is 4.79 Å². The maximum atomic E-state index is 12.8. The molecule has 2 fully saturated rings. The molecule has 6 nitrogen and oxygen atoms in total. The van der Waals surface area contributed by atoms with Crippen LogP contribution in [-0.2, 0) is 14.3 Å². The molecule has 1 N–H and O–H groups in total. The molecule has 2 unspecified atom stereocenters. The van der Waals surface area contributed by atoms with Gasteiger partial charge in [-0.2, -0.15) is 0 Å². The average molecular weight is 393 g/mol. The number of rotatable bonds is 3. The van der Waals surface area contributed by atoms with Crippen molar-refractivity contribution >= 4 is 12.1 Å². The minimum absolute atomic E-state index is 0.0192. The lowest BCUT2D eigenvalue weighted by Gasteiger charge is -2.44. The van der Waals surface area contributed by atoms with Gasteiger partial charge in [0.1, 0.15) is 6.61 Å². The maximum absolute atomic E-state index is 12.8. The van der Waals surface area contributed by atoms with Crippen LogP contribution in [0.15, 0.2) is 48.5 Å². The topological polar surface area (TPSA) is 76.1 Å². The second-order valence-electron chi connectivity index (χ2n) is 8.13. The number of hydrogen-bond acceptors (Lipinski definition) is 4. The summed E-state index contributed by atoms with van der Waals surface area (Å²) in [4.78, 5) is 26.0. The fourth-order valence-corrected chi connectivity index (χ4v) is 5.17. The van der Waals surface area contributed by atoms with Crippen LogP contribution in [0.5, 0.6) is 0 Å². The van der Waals surface area contributed by atoms with Gasteiger partial charge in [0.05, 0.1) is 19.1 Å². The van der Waals surface area contributed by atoms with Gasteiger partial charge in [0.2, 0.25) is 0 Å². The lowest BCUT2D eigenvalue weighted by atomic mass is 9.77. The van der Waals surface area contributed by atoms with E-state index >= 15 is 0 Å². The van der Waals surface area contributed by atoms with Crippen molar-refractivity contribution in [3.05, 3.63) is 59.7 Å². The molecule has 5 rings (SSSR count). The van der Waals surface area contributed by atoms with Crippen molar-refractivity contribution in [3.8, 4) is 11.1 Å². The van der Waals surface area contributed by atoms with Gasteiger partial charge >= 0.3 is 12.1 Å². The van der Waals surface area contributed by atoms with Gasteiger partial charge in [-0.1, -0.05) is 48.5 Å². The number of benzene rings is 2. The van der Waals surface area contributed by atoms with Crippen LogP contribution < -0.4 is 0 Å². The molecule has 150 valence electrons. The van der Waals surface area contributed by atoms with Gasteiger partial charge in [0.15, 0.2) is 0 Å². The lowest BCUT2D eigenvalue weighted by molar-refractivity contribution is -0.159. The zero-order valence-corrected chi connectivity index (χ0v) is 16.0. The fraction of sp³-hybridized carbons (Fsp3) is 0.391. The Morgan fingerprint density at radius 1 is 0.966 bits per heavy atom. The number of hydrogen-bond donors (Lipinski definition) is 1. The highest BCUT2D eigenvalue weighted by atomic mass is 16.6. The van der Waals surface area contributed by atoms with E-state index in [-0.39, 0.29) is 30.5 Å². The first-order valence-electron chi connectivity index (χ1n) is 10.0. The van der Waals surface area contributed by atoms with Gasteiger partial charge in [-0.15, -0.1) is 0 Å². The predicted octanol–water partition coefficient (Wildman–Crippen LogP) is 3.21. The van der Waals surface area contributed by atoms with E-state index in [4.69, 9.17) is 9.47 Å². The molecule has 3 aliphatic rings. The number of amides is 1. The summed E-state index contributed by atoms with van der Waals surface area (Å²) in [5, 5.41) is 9.51. The average Bonchev–Trinajstić information content (AvgIpc) is 3.05. The van der Waals surface area contributed by atoms with Gasteiger partial charge in [-0.25, -0.2) is 4.79 Å². The van der Waals surface area contributed by atoms with E-state index in [0.717, 1.165) is 0 Å². The highest BCUT2D eigenvalue weighted by Crippen LogP contribution is 2.44. The molecule has 2 heterocycles. The number of carboxylic acids is 1. The van der Waals surface area contributed by atoms with E-state index in [2.05, 4.69) is 24.3 Å². The number of carbonyl (C=O) groups excluding carboxylic acids is 1. The van der Waals surface area contributed by atoms with Gasteiger partial charge in [0.25, 0.3) is 0 Å². The van der Waals surface area contributed by atoms with Crippen LogP contribution in [0.2, 0.25) is 0 Å². The van der Waals surface area contributed by atoms with E-state index in [1.165, 1.54) is 22.3 Å². The summed E-state index contributed by atoms with van der Waals surface area (Å²) < 4.78 is 11.3. The molecule has 1 aliphatic carbocycles. The number of nitrogens with zero attached hydrogens (tertiary/aromatic N) is 1. The van der Waals surface area contributed by atoms with E-state index in [0.29, 0.717) is 26.3 Å². The molecule has 0 aromatic heterocycles. The monoisotopic (exact) mass is 393 g/mol. The Bertz CT molecular complexity index is 898. The summed E-state index contributed by atoms with van der Waals surface area (Å²) in [6, 6.07) is 16.5. The number of ether oxygens (including phenoxy) is 2. The second-order valence-corrected chi connectivity index (χ2v) is 8.13. The normalized spacial score (nSPS) is 25.2. The summed E-state index contributed by atoms with van der Waals surface area (Å²) >= 11 is 0. The van der Waals surface area contributed by atoms with Crippen molar-refractivity contribution in [2.45, 2.75) is 5.92 Å². The molecule has 2 saturated heterocycles. The smallest absolute Gasteiger partial charge is 0.409 e. The van der Waals surface area contributed by atoms with Crippen LogP contribution in [0.1, 0.15) is 17.0 Å². The van der Waals surface area contributed by atoms with Crippen molar-refractivity contribution in [3.63, 3.8) is 0 Å². The van der Waals surface area contributed by atoms with Crippen molar-refractivity contribution in [1.82, 2.24) is 4.90 Å². The third-order valence-electron chi connectivity index (χ3n) is 6.47.